The molecular weight excluding hydrogens is 290 g/mol. The number of aromatic nitrogens is 2. The lowest BCUT2D eigenvalue weighted by Crippen LogP contribution is -2.20. The molecule has 0 aliphatic heterocycles. The Morgan fingerprint density at radius 2 is 2.24 bits per heavy atom. The molecule has 0 aliphatic carbocycles. The van der Waals surface area contributed by atoms with Crippen LogP contribution >= 0.6 is 11.3 Å². The molecule has 3 aromatic rings. The molecule has 7 heteroatoms. The van der Waals surface area contributed by atoms with Gasteiger partial charge in [0.2, 0.25) is 0 Å². The molecule has 106 valence electrons. The normalized spacial score (nSPS) is 10.9. The first-order chi connectivity index (χ1) is 10.1. The lowest BCUT2D eigenvalue weighted by molar-refractivity contribution is -0.384. The number of aryl methyl sites for hydroxylation is 1. The number of fused-ring (bicyclic) bond motifs is 1. The largest absolute Gasteiger partial charge is 0.294 e. The Morgan fingerprint density at radius 3 is 3.00 bits per heavy atom. The van der Waals surface area contributed by atoms with Crippen LogP contribution in [0.4, 0.5) is 5.69 Å². The fourth-order valence-corrected chi connectivity index (χ4v) is 3.09. The highest BCUT2D eigenvalue weighted by Crippen LogP contribution is 2.20. The summed E-state index contributed by atoms with van der Waals surface area (Å²) in [5.74, 6) is 0. The Labute approximate surface area is 123 Å². The number of hydrogen-bond acceptors (Lipinski definition) is 5. The van der Waals surface area contributed by atoms with Gasteiger partial charge in [-0.2, -0.15) is 0 Å². The highest BCUT2D eigenvalue weighted by molar-refractivity contribution is 7.17. The smallest absolute Gasteiger partial charge is 0.271 e. The maximum Gasteiger partial charge on any atom is 0.271 e. The monoisotopic (exact) mass is 301 g/mol. The molecule has 0 spiro atoms. The fraction of sp³-hybridized carbons (Fsp3) is 0.143. The van der Waals surface area contributed by atoms with E-state index in [1.54, 1.807) is 12.1 Å². The minimum absolute atomic E-state index is 0.0153. The second-order valence-electron chi connectivity index (χ2n) is 4.70. The maximum atomic E-state index is 12.4. The molecule has 1 aromatic carbocycles. The number of hydrogen-bond donors (Lipinski definition) is 0. The standard InChI is InChI=1S/C14H11N3O3S/c1-9-7-21-13-12(9)15-8-16(14(13)18)6-10-3-2-4-11(5-10)17(19)20/h2-5,7-8H,6H2,1H3. The van der Waals surface area contributed by atoms with Gasteiger partial charge in [0.1, 0.15) is 4.70 Å². The fourth-order valence-electron chi connectivity index (χ4n) is 2.14. The van der Waals surface area contributed by atoms with Crippen LogP contribution in [0.25, 0.3) is 10.2 Å². The van der Waals surface area contributed by atoms with Crippen LogP contribution in [0.5, 0.6) is 0 Å². The molecule has 0 radical (unpaired) electrons. The molecule has 0 saturated carbocycles. The number of nitrogens with zero attached hydrogens (tertiary/aromatic N) is 3. The van der Waals surface area contributed by atoms with Crippen LogP contribution in [0.2, 0.25) is 0 Å². The summed E-state index contributed by atoms with van der Waals surface area (Å²) < 4.78 is 2.08. The van der Waals surface area contributed by atoms with E-state index >= 15 is 0 Å². The molecule has 6 nitrogen and oxygen atoms in total. The van der Waals surface area contributed by atoms with E-state index in [0.717, 1.165) is 11.1 Å². The first-order valence-electron chi connectivity index (χ1n) is 6.23. The Balaban J connectivity index is 2.02. The summed E-state index contributed by atoms with van der Waals surface area (Å²) in [6.07, 6.45) is 1.49. The van der Waals surface area contributed by atoms with E-state index in [1.807, 2.05) is 12.3 Å². The molecule has 2 aromatic heterocycles. The van der Waals surface area contributed by atoms with Gasteiger partial charge in [-0.25, -0.2) is 4.98 Å². The summed E-state index contributed by atoms with van der Waals surface area (Å²) in [5.41, 5.74) is 2.29. The molecule has 0 N–H and O–H groups in total. The zero-order chi connectivity index (χ0) is 15.0. The highest BCUT2D eigenvalue weighted by atomic mass is 32.1. The lowest BCUT2D eigenvalue weighted by atomic mass is 10.2. The van der Waals surface area contributed by atoms with Crippen molar-refractivity contribution in [2.24, 2.45) is 0 Å². The molecule has 21 heavy (non-hydrogen) atoms. The quantitative estimate of drug-likeness (QED) is 0.550. The lowest BCUT2D eigenvalue weighted by Gasteiger charge is -2.05. The molecule has 3 rings (SSSR count). The Hall–Kier alpha value is -2.54. The van der Waals surface area contributed by atoms with E-state index in [1.165, 1.54) is 34.4 Å². The summed E-state index contributed by atoms with van der Waals surface area (Å²) in [7, 11) is 0. The van der Waals surface area contributed by atoms with Crippen molar-refractivity contribution in [1.82, 2.24) is 9.55 Å². The Bertz CT molecular complexity index is 898. The van der Waals surface area contributed by atoms with Gasteiger partial charge < -0.3 is 0 Å². The van der Waals surface area contributed by atoms with Crippen molar-refractivity contribution in [3.05, 3.63) is 67.6 Å². The van der Waals surface area contributed by atoms with Crippen LogP contribution in [-0.2, 0) is 6.54 Å². The molecule has 0 unspecified atom stereocenters. The van der Waals surface area contributed by atoms with Crippen LogP contribution in [0.15, 0.2) is 40.8 Å². The van der Waals surface area contributed by atoms with Gasteiger partial charge >= 0.3 is 0 Å². The summed E-state index contributed by atoms with van der Waals surface area (Å²) in [6, 6.07) is 6.26. The number of rotatable bonds is 3. The summed E-state index contributed by atoms with van der Waals surface area (Å²) in [6.45, 7) is 2.18. The van der Waals surface area contributed by atoms with Crippen LogP contribution in [0.1, 0.15) is 11.1 Å². The molecular formula is C14H11N3O3S. The molecule has 0 amide bonds. The predicted octanol–water partition coefficient (Wildman–Crippen LogP) is 2.72. The van der Waals surface area contributed by atoms with Crippen molar-refractivity contribution < 1.29 is 4.92 Å². The van der Waals surface area contributed by atoms with Gasteiger partial charge in [-0.05, 0) is 23.4 Å². The van der Waals surface area contributed by atoms with Crippen molar-refractivity contribution in [1.29, 1.82) is 0 Å². The van der Waals surface area contributed by atoms with E-state index in [-0.39, 0.29) is 17.8 Å². The van der Waals surface area contributed by atoms with Crippen molar-refractivity contribution in [3.8, 4) is 0 Å². The van der Waals surface area contributed by atoms with Crippen molar-refractivity contribution in [3.63, 3.8) is 0 Å². The van der Waals surface area contributed by atoms with Gasteiger partial charge in [0.25, 0.3) is 11.2 Å². The van der Waals surface area contributed by atoms with E-state index in [4.69, 9.17) is 0 Å². The summed E-state index contributed by atoms with van der Waals surface area (Å²) >= 11 is 1.37. The van der Waals surface area contributed by atoms with E-state index in [2.05, 4.69) is 4.98 Å². The van der Waals surface area contributed by atoms with Gasteiger partial charge in [0.15, 0.2) is 0 Å². The average Bonchev–Trinajstić information content (AvgIpc) is 2.84. The second-order valence-corrected chi connectivity index (χ2v) is 5.58. The number of nitro groups is 1. The third kappa shape index (κ3) is 2.43. The van der Waals surface area contributed by atoms with E-state index in [0.29, 0.717) is 10.3 Å². The molecule has 0 atom stereocenters. The Kier molecular flexibility index (Phi) is 3.26. The van der Waals surface area contributed by atoms with Crippen LogP contribution in [0, 0.1) is 17.0 Å². The van der Waals surface area contributed by atoms with E-state index in [9.17, 15) is 14.9 Å². The number of non-ortho nitro benzene ring substituents is 1. The Morgan fingerprint density at radius 1 is 1.43 bits per heavy atom. The van der Waals surface area contributed by atoms with Gasteiger partial charge in [-0.1, -0.05) is 12.1 Å². The van der Waals surface area contributed by atoms with Gasteiger partial charge in [-0.15, -0.1) is 11.3 Å². The average molecular weight is 301 g/mol. The summed E-state index contributed by atoms with van der Waals surface area (Å²) in [5, 5.41) is 12.7. The van der Waals surface area contributed by atoms with Gasteiger partial charge in [-0.3, -0.25) is 19.5 Å². The number of benzene rings is 1. The van der Waals surface area contributed by atoms with Crippen molar-refractivity contribution in [2.45, 2.75) is 13.5 Å². The van der Waals surface area contributed by atoms with Crippen LogP contribution in [0.3, 0.4) is 0 Å². The summed E-state index contributed by atoms with van der Waals surface area (Å²) in [4.78, 5) is 27.0. The molecule has 0 aliphatic rings. The topological polar surface area (TPSA) is 78.0 Å². The van der Waals surface area contributed by atoms with Crippen molar-refractivity contribution >= 4 is 27.2 Å². The first kappa shape index (κ1) is 13.4. The predicted molar refractivity (Wildman–Crippen MR) is 80.8 cm³/mol. The molecule has 0 saturated heterocycles. The third-order valence-electron chi connectivity index (χ3n) is 3.20. The molecule has 0 fully saturated rings. The van der Waals surface area contributed by atoms with Crippen LogP contribution in [-0.4, -0.2) is 14.5 Å². The highest BCUT2D eigenvalue weighted by Gasteiger charge is 2.10. The number of thiophene rings is 1. The SMILES string of the molecule is Cc1csc2c(=O)n(Cc3cccc([N+](=O)[O-])c3)cnc12. The minimum atomic E-state index is -0.448. The maximum absolute atomic E-state index is 12.4. The van der Waals surface area contributed by atoms with Gasteiger partial charge in [0.05, 0.1) is 23.3 Å². The van der Waals surface area contributed by atoms with Crippen LogP contribution < -0.4 is 5.56 Å². The molecule has 0 bridgehead atoms. The number of nitro benzene ring substituents is 1. The molecule has 2 heterocycles. The zero-order valence-electron chi connectivity index (χ0n) is 11.1. The van der Waals surface area contributed by atoms with Gasteiger partial charge in [0, 0.05) is 12.1 Å². The first-order valence-corrected chi connectivity index (χ1v) is 7.11. The van der Waals surface area contributed by atoms with E-state index < -0.39 is 4.92 Å². The zero-order valence-corrected chi connectivity index (χ0v) is 12.0. The third-order valence-corrected chi connectivity index (χ3v) is 4.27. The van der Waals surface area contributed by atoms with Crippen molar-refractivity contribution in [2.75, 3.05) is 0 Å². The minimum Gasteiger partial charge on any atom is -0.294 e. The second kappa shape index (κ2) is 5.10.